The minimum atomic E-state index is 0.257. The van der Waals surface area contributed by atoms with Crippen LogP contribution in [0.2, 0.25) is 5.02 Å². The predicted molar refractivity (Wildman–Crippen MR) is 96.0 cm³/mol. The van der Waals surface area contributed by atoms with E-state index in [0.29, 0.717) is 17.5 Å². The molecule has 0 aliphatic carbocycles. The summed E-state index contributed by atoms with van der Waals surface area (Å²) in [6.07, 6.45) is 4.36. The molecule has 2 N–H and O–H groups in total. The number of hydrogen-bond acceptors (Lipinski definition) is 3. The van der Waals surface area contributed by atoms with E-state index in [9.17, 15) is 0 Å². The molecule has 0 amide bonds. The van der Waals surface area contributed by atoms with Gasteiger partial charge in [-0.05, 0) is 36.7 Å². The zero-order valence-electron chi connectivity index (χ0n) is 12.7. The Morgan fingerprint density at radius 2 is 2.26 bits per heavy atom. The molecule has 2 aromatic rings. The lowest BCUT2D eigenvalue weighted by Crippen LogP contribution is -2.34. The van der Waals surface area contributed by atoms with Crippen LogP contribution in [0.25, 0.3) is 0 Å². The molecule has 7 heteroatoms. The minimum absolute atomic E-state index is 0.257. The average Bonchev–Trinajstić information content (AvgIpc) is 3.19. The molecule has 0 spiro atoms. The Morgan fingerprint density at radius 1 is 1.39 bits per heavy atom. The maximum Gasteiger partial charge on any atom is 0.172 e. The summed E-state index contributed by atoms with van der Waals surface area (Å²) in [5.41, 5.74) is 1.03. The second kappa shape index (κ2) is 7.77. The van der Waals surface area contributed by atoms with E-state index in [0.717, 1.165) is 36.6 Å². The fraction of sp³-hybridized carbons (Fsp3) is 0.375. The van der Waals surface area contributed by atoms with Crippen molar-refractivity contribution in [1.82, 2.24) is 15.1 Å². The Morgan fingerprint density at radius 3 is 3.04 bits per heavy atom. The molecule has 1 aromatic heterocycles. The second-order valence-electron chi connectivity index (χ2n) is 5.46. The summed E-state index contributed by atoms with van der Waals surface area (Å²) in [5.74, 6) is 0.710. The van der Waals surface area contributed by atoms with E-state index in [1.807, 2.05) is 41.2 Å². The number of benzene rings is 1. The number of hydrogen-bond donors (Lipinski definition) is 2. The SMILES string of the molecule is S=C(NCC1CCCO1)Nc1ccn(Cc2ccccc2Cl)n1. The summed E-state index contributed by atoms with van der Waals surface area (Å²) in [7, 11) is 0. The van der Waals surface area contributed by atoms with Crippen LogP contribution < -0.4 is 10.6 Å². The van der Waals surface area contributed by atoms with Gasteiger partial charge in [-0.1, -0.05) is 29.8 Å². The zero-order chi connectivity index (χ0) is 16.1. The smallest absolute Gasteiger partial charge is 0.172 e. The zero-order valence-corrected chi connectivity index (χ0v) is 14.2. The molecule has 1 fully saturated rings. The van der Waals surface area contributed by atoms with Crippen LogP contribution in [0.1, 0.15) is 18.4 Å². The van der Waals surface area contributed by atoms with Gasteiger partial charge in [-0.15, -0.1) is 0 Å². The molecular weight excluding hydrogens is 332 g/mol. The molecule has 0 saturated carbocycles. The van der Waals surface area contributed by atoms with Gasteiger partial charge in [0.1, 0.15) is 0 Å². The number of anilines is 1. The van der Waals surface area contributed by atoms with Crippen molar-refractivity contribution in [1.29, 1.82) is 0 Å². The summed E-state index contributed by atoms with van der Waals surface area (Å²) in [5, 5.41) is 12.0. The topological polar surface area (TPSA) is 51.1 Å². The number of nitrogens with zero attached hydrogens (tertiary/aromatic N) is 2. The van der Waals surface area contributed by atoms with Crippen LogP contribution in [-0.2, 0) is 11.3 Å². The maximum absolute atomic E-state index is 6.17. The van der Waals surface area contributed by atoms with Crippen molar-refractivity contribution in [3.8, 4) is 0 Å². The van der Waals surface area contributed by atoms with Crippen LogP contribution in [0.4, 0.5) is 5.82 Å². The largest absolute Gasteiger partial charge is 0.376 e. The highest BCUT2D eigenvalue weighted by Crippen LogP contribution is 2.16. The van der Waals surface area contributed by atoms with E-state index in [4.69, 9.17) is 28.6 Å². The third-order valence-corrected chi connectivity index (χ3v) is 4.30. The van der Waals surface area contributed by atoms with Crippen molar-refractivity contribution >= 4 is 34.7 Å². The first kappa shape index (κ1) is 16.2. The number of nitrogens with one attached hydrogen (secondary N) is 2. The molecule has 1 aliphatic rings. The Bertz CT molecular complexity index is 670. The molecule has 2 heterocycles. The number of rotatable bonds is 5. The summed E-state index contributed by atoms with van der Waals surface area (Å²) in [6, 6.07) is 9.64. The second-order valence-corrected chi connectivity index (χ2v) is 6.28. The molecule has 1 aromatic carbocycles. The predicted octanol–water partition coefficient (Wildman–Crippen LogP) is 3.05. The number of halogens is 1. The number of ether oxygens (including phenoxy) is 1. The third kappa shape index (κ3) is 4.67. The first-order valence-corrected chi connectivity index (χ1v) is 8.42. The van der Waals surface area contributed by atoms with Crippen LogP contribution in [-0.4, -0.2) is 34.1 Å². The monoisotopic (exact) mass is 350 g/mol. The number of thiocarbonyl (C=S) groups is 1. The normalized spacial score (nSPS) is 17.2. The fourth-order valence-corrected chi connectivity index (χ4v) is 2.87. The standard InChI is InChI=1S/C16H19ClN4OS/c17-14-6-2-1-4-12(14)11-21-8-7-15(20-21)19-16(23)18-10-13-5-3-9-22-13/h1-2,4,6-8,13H,3,5,9-11H2,(H2,18,19,20,23). The molecule has 1 saturated heterocycles. The molecule has 122 valence electrons. The molecule has 1 aliphatic heterocycles. The minimum Gasteiger partial charge on any atom is -0.376 e. The molecular formula is C16H19ClN4OS. The number of aromatic nitrogens is 2. The Hall–Kier alpha value is -1.63. The van der Waals surface area contributed by atoms with Crippen LogP contribution in [0.3, 0.4) is 0 Å². The highest BCUT2D eigenvalue weighted by atomic mass is 35.5. The molecule has 23 heavy (non-hydrogen) atoms. The molecule has 5 nitrogen and oxygen atoms in total. The van der Waals surface area contributed by atoms with E-state index in [1.54, 1.807) is 0 Å². The van der Waals surface area contributed by atoms with Gasteiger partial charge in [0.25, 0.3) is 0 Å². The van der Waals surface area contributed by atoms with Crippen molar-refractivity contribution in [2.24, 2.45) is 0 Å². The maximum atomic E-state index is 6.17. The van der Waals surface area contributed by atoms with E-state index in [-0.39, 0.29) is 6.10 Å². The highest BCUT2D eigenvalue weighted by Gasteiger charge is 2.15. The molecule has 0 radical (unpaired) electrons. The first-order chi connectivity index (χ1) is 11.2. The van der Waals surface area contributed by atoms with E-state index < -0.39 is 0 Å². The van der Waals surface area contributed by atoms with Gasteiger partial charge < -0.3 is 15.4 Å². The van der Waals surface area contributed by atoms with Gasteiger partial charge >= 0.3 is 0 Å². The van der Waals surface area contributed by atoms with Gasteiger partial charge in [-0.25, -0.2) is 0 Å². The Labute approximate surface area is 146 Å². The third-order valence-electron chi connectivity index (χ3n) is 3.69. The lowest BCUT2D eigenvalue weighted by Gasteiger charge is -2.12. The molecule has 1 atom stereocenters. The van der Waals surface area contributed by atoms with Gasteiger partial charge in [0, 0.05) is 30.4 Å². The van der Waals surface area contributed by atoms with E-state index >= 15 is 0 Å². The van der Waals surface area contributed by atoms with Gasteiger partial charge in [0.15, 0.2) is 10.9 Å². The van der Waals surface area contributed by atoms with Crippen LogP contribution >= 0.6 is 23.8 Å². The van der Waals surface area contributed by atoms with E-state index in [2.05, 4.69) is 15.7 Å². The van der Waals surface area contributed by atoms with Crippen LogP contribution in [0, 0.1) is 0 Å². The Balaban J connectivity index is 1.50. The van der Waals surface area contributed by atoms with Gasteiger partial charge in [-0.3, -0.25) is 4.68 Å². The van der Waals surface area contributed by atoms with Crippen molar-refractivity contribution in [2.75, 3.05) is 18.5 Å². The van der Waals surface area contributed by atoms with Crippen molar-refractivity contribution in [2.45, 2.75) is 25.5 Å². The summed E-state index contributed by atoms with van der Waals surface area (Å²) >= 11 is 11.5. The van der Waals surface area contributed by atoms with Gasteiger partial charge in [-0.2, -0.15) is 5.10 Å². The van der Waals surface area contributed by atoms with Gasteiger partial charge in [0.2, 0.25) is 0 Å². The lowest BCUT2D eigenvalue weighted by molar-refractivity contribution is 0.114. The molecule has 0 bridgehead atoms. The summed E-state index contributed by atoms with van der Waals surface area (Å²) < 4.78 is 7.38. The van der Waals surface area contributed by atoms with Crippen molar-refractivity contribution in [3.05, 3.63) is 47.1 Å². The summed E-state index contributed by atoms with van der Waals surface area (Å²) in [6.45, 7) is 2.20. The first-order valence-electron chi connectivity index (χ1n) is 7.64. The van der Waals surface area contributed by atoms with E-state index in [1.165, 1.54) is 0 Å². The van der Waals surface area contributed by atoms with Gasteiger partial charge in [0.05, 0.1) is 12.6 Å². The Kier molecular flexibility index (Phi) is 5.48. The highest BCUT2D eigenvalue weighted by molar-refractivity contribution is 7.80. The van der Waals surface area contributed by atoms with Crippen LogP contribution in [0.15, 0.2) is 36.5 Å². The lowest BCUT2D eigenvalue weighted by atomic mass is 10.2. The van der Waals surface area contributed by atoms with Crippen LogP contribution in [0.5, 0.6) is 0 Å². The average molecular weight is 351 g/mol. The summed E-state index contributed by atoms with van der Waals surface area (Å²) in [4.78, 5) is 0. The molecule has 3 rings (SSSR count). The fourth-order valence-electron chi connectivity index (χ4n) is 2.49. The quantitative estimate of drug-likeness (QED) is 0.812. The van der Waals surface area contributed by atoms with Crippen molar-refractivity contribution < 1.29 is 4.74 Å². The van der Waals surface area contributed by atoms with Crippen molar-refractivity contribution in [3.63, 3.8) is 0 Å². The molecule has 1 unspecified atom stereocenters.